The molecule has 0 radical (unpaired) electrons. The molecule has 0 unspecified atom stereocenters. The van der Waals surface area contributed by atoms with Crippen LogP contribution in [0.4, 0.5) is 4.79 Å². The molecule has 1 saturated carbocycles. The first-order valence-electron chi connectivity index (χ1n) is 9.85. The Labute approximate surface area is 169 Å². The van der Waals surface area contributed by atoms with Gasteiger partial charge in [0.05, 0.1) is 5.25 Å². The number of aryl methyl sites for hydroxylation is 1. The van der Waals surface area contributed by atoms with Gasteiger partial charge in [-0.15, -0.1) is 5.10 Å². The molecule has 0 saturated heterocycles. The highest BCUT2D eigenvalue weighted by Gasteiger charge is 2.21. The number of hydrogen-bond donors (Lipinski definition) is 3. The molecule has 150 valence electrons. The van der Waals surface area contributed by atoms with Crippen molar-refractivity contribution in [2.45, 2.75) is 68.8 Å². The molecule has 0 bridgehead atoms. The molecule has 1 aliphatic carbocycles. The van der Waals surface area contributed by atoms with Gasteiger partial charge in [0.25, 0.3) is 0 Å². The van der Waals surface area contributed by atoms with E-state index in [-0.39, 0.29) is 11.9 Å². The first kappa shape index (κ1) is 20.4. The van der Waals surface area contributed by atoms with Crippen molar-refractivity contribution in [3.8, 4) is 11.4 Å². The largest absolute Gasteiger partial charge is 0.335 e. The van der Waals surface area contributed by atoms with Crippen LogP contribution in [0.15, 0.2) is 29.4 Å². The van der Waals surface area contributed by atoms with Crippen molar-refractivity contribution in [1.82, 2.24) is 25.8 Å². The van der Waals surface area contributed by atoms with Crippen molar-refractivity contribution >= 4 is 23.7 Å². The van der Waals surface area contributed by atoms with Crippen molar-refractivity contribution < 1.29 is 9.59 Å². The van der Waals surface area contributed by atoms with Crippen LogP contribution in [0.3, 0.4) is 0 Å². The number of rotatable bonds is 6. The van der Waals surface area contributed by atoms with Crippen LogP contribution in [0.25, 0.3) is 11.4 Å². The average molecular weight is 402 g/mol. The van der Waals surface area contributed by atoms with E-state index in [0.29, 0.717) is 11.0 Å². The number of urea groups is 1. The Hall–Kier alpha value is -2.35. The Morgan fingerprint density at radius 1 is 1.21 bits per heavy atom. The van der Waals surface area contributed by atoms with E-state index in [4.69, 9.17) is 0 Å². The van der Waals surface area contributed by atoms with Gasteiger partial charge in [-0.1, -0.05) is 62.2 Å². The summed E-state index contributed by atoms with van der Waals surface area (Å²) in [5.41, 5.74) is 2.20. The summed E-state index contributed by atoms with van der Waals surface area (Å²) in [5, 5.41) is 12.4. The number of nitrogens with zero attached hydrogens (tertiary/aromatic N) is 2. The van der Waals surface area contributed by atoms with E-state index in [0.717, 1.165) is 37.7 Å². The zero-order chi connectivity index (χ0) is 19.9. The summed E-state index contributed by atoms with van der Waals surface area (Å²) in [5.74, 6) is 0.310. The third-order valence-electron chi connectivity index (χ3n) is 4.93. The SMILES string of the molecule is CCc1ccc(-c2nc(S[C@H](C)C(=O)NC(=O)NC3CCCCC3)n[nH]2)cc1. The number of carbonyl (C=O) groups is 2. The minimum absolute atomic E-state index is 0.166. The maximum atomic E-state index is 12.3. The molecule has 1 fully saturated rings. The lowest BCUT2D eigenvalue weighted by molar-refractivity contribution is -0.119. The molecule has 1 aromatic heterocycles. The van der Waals surface area contributed by atoms with Crippen molar-refractivity contribution in [2.24, 2.45) is 0 Å². The number of amides is 3. The molecule has 28 heavy (non-hydrogen) atoms. The van der Waals surface area contributed by atoms with Gasteiger partial charge in [0.15, 0.2) is 5.82 Å². The van der Waals surface area contributed by atoms with Crippen LogP contribution < -0.4 is 10.6 Å². The van der Waals surface area contributed by atoms with E-state index in [1.165, 1.54) is 23.7 Å². The van der Waals surface area contributed by atoms with Gasteiger partial charge in [-0.25, -0.2) is 9.78 Å². The first-order valence-corrected chi connectivity index (χ1v) is 10.7. The van der Waals surface area contributed by atoms with Crippen LogP contribution >= 0.6 is 11.8 Å². The van der Waals surface area contributed by atoms with E-state index >= 15 is 0 Å². The fraction of sp³-hybridized carbons (Fsp3) is 0.500. The molecule has 3 amide bonds. The topological polar surface area (TPSA) is 99.8 Å². The zero-order valence-electron chi connectivity index (χ0n) is 16.3. The van der Waals surface area contributed by atoms with E-state index in [9.17, 15) is 9.59 Å². The van der Waals surface area contributed by atoms with Gasteiger partial charge in [0, 0.05) is 11.6 Å². The Balaban J connectivity index is 1.50. The number of hydrogen-bond acceptors (Lipinski definition) is 5. The lowest BCUT2D eigenvalue weighted by Gasteiger charge is -2.22. The number of benzene rings is 1. The lowest BCUT2D eigenvalue weighted by atomic mass is 9.96. The predicted molar refractivity (Wildman–Crippen MR) is 110 cm³/mol. The molecule has 1 heterocycles. The minimum Gasteiger partial charge on any atom is -0.335 e. The van der Waals surface area contributed by atoms with Crippen molar-refractivity contribution in [3.05, 3.63) is 29.8 Å². The molecule has 0 spiro atoms. The van der Waals surface area contributed by atoms with E-state index < -0.39 is 11.3 Å². The number of thioether (sulfide) groups is 1. The second-order valence-electron chi connectivity index (χ2n) is 7.07. The summed E-state index contributed by atoms with van der Waals surface area (Å²) in [6, 6.07) is 7.87. The van der Waals surface area contributed by atoms with Crippen LogP contribution in [0, 0.1) is 0 Å². The van der Waals surface area contributed by atoms with Crippen molar-refractivity contribution in [1.29, 1.82) is 0 Å². The third kappa shape index (κ3) is 5.58. The maximum Gasteiger partial charge on any atom is 0.321 e. The molecule has 3 rings (SSSR count). The fourth-order valence-electron chi connectivity index (χ4n) is 3.22. The van der Waals surface area contributed by atoms with Crippen molar-refractivity contribution in [3.63, 3.8) is 0 Å². The number of carbonyl (C=O) groups excluding carboxylic acids is 2. The molecule has 3 N–H and O–H groups in total. The molecule has 1 aromatic carbocycles. The quantitative estimate of drug-likeness (QED) is 0.641. The van der Waals surface area contributed by atoms with Crippen LogP contribution in [-0.4, -0.2) is 38.4 Å². The number of nitrogens with one attached hydrogen (secondary N) is 3. The zero-order valence-corrected chi connectivity index (χ0v) is 17.1. The van der Waals surface area contributed by atoms with Gasteiger partial charge >= 0.3 is 6.03 Å². The number of aromatic amines is 1. The monoisotopic (exact) mass is 401 g/mol. The summed E-state index contributed by atoms with van der Waals surface area (Å²) < 4.78 is 0. The number of H-pyrrole nitrogens is 1. The van der Waals surface area contributed by atoms with Crippen LogP contribution in [-0.2, 0) is 11.2 Å². The summed E-state index contributed by atoms with van der Waals surface area (Å²) in [6.45, 7) is 3.85. The van der Waals surface area contributed by atoms with Gasteiger partial charge in [-0.05, 0) is 31.7 Å². The first-order chi connectivity index (χ1) is 13.5. The molecule has 7 nitrogen and oxygen atoms in total. The molecular formula is C20H27N5O2S. The number of aromatic nitrogens is 3. The molecule has 1 atom stereocenters. The van der Waals surface area contributed by atoms with Crippen LogP contribution in [0.1, 0.15) is 51.5 Å². The second kappa shape index (κ2) is 9.73. The minimum atomic E-state index is -0.483. The number of imide groups is 1. The van der Waals surface area contributed by atoms with Gasteiger partial charge in [0.2, 0.25) is 11.1 Å². The standard InChI is InChI=1S/C20H27N5O2S/c1-3-14-9-11-15(12-10-14)17-22-20(25-24-17)28-13(2)18(26)23-19(27)21-16-7-5-4-6-8-16/h9-13,16H,3-8H2,1-2H3,(H,22,24,25)(H2,21,23,26,27)/t13-/m1/s1. The van der Waals surface area contributed by atoms with Crippen molar-refractivity contribution in [2.75, 3.05) is 0 Å². The van der Waals surface area contributed by atoms with Crippen LogP contribution in [0.5, 0.6) is 0 Å². The highest BCUT2D eigenvalue weighted by Crippen LogP contribution is 2.23. The second-order valence-corrected chi connectivity index (χ2v) is 8.38. The smallest absolute Gasteiger partial charge is 0.321 e. The van der Waals surface area contributed by atoms with Crippen LogP contribution in [0.2, 0.25) is 0 Å². The highest BCUT2D eigenvalue weighted by atomic mass is 32.2. The Kier molecular flexibility index (Phi) is 7.08. The fourth-order valence-corrected chi connectivity index (χ4v) is 3.94. The summed E-state index contributed by atoms with van der Waals surface area (Å²) >= 11 is 1.22. The maximum absolute atomic E-state index is 12.3. The summed E-state index contributed by atoms with van der Waals surface area (Å²) in [6.07, 6.45) is 6.40. The molecule has 0 aliphatic heterocycles. The van der Waals surface area contributed by atoms with E-state index in [1.807, 2.05) is 12.1 Å². The molecule has 2 aromatic rings. The van der Waals surface area contributed by atoms with Gasteiger partial charge in [0.1, 0.15) is 0 Å². The molecule has 1 aliphatic rings. The van der Waals surface area contributed by atoms with E-state index in [2.05, 4.69) is 44.9 Å². The van der Waals surface area contributed by atoms with E-state index in [1.54, 1.807) is 6.92 Å². The van der Waals surface area contributed by atoms with Gasteiger partial charge in [-0.3, -0.25) is 15.2 Å². The van der Waals surface area contributed by atoms with Gasteiger partial charge < -0.3 is 5.32 Å². The average Bonchev–Trinajstić information content (AvgIpc) is 3.17. The highest BCUT2D eigenvalue weighted by molar-refractivity contribution is 8.00. The predicted octanol–water partition coefficient (Wildman–Crippen LogP) is 3.67. The normalized spacial score (nSPS) is 15.8. The summed E-state index contributed by atoms with van der Waals surface area (Å²) in [4.78, 5) is 28.8. The Bertz CT molecular complexity index is 799. The molecular weight excluding hydrogens is 374 g/mol. The Morgan fingerprint density at radius 3 is 2.61 bits per heavy atom. The summed E-state index contributed by atoms with van der Waals surface area (Å²) in [7, 11) is 0. The molecule has 8 heteroatoms. The Morgan fingerprint density at radius 2 is 1.93 bits per heavy atom. The third-order valence-corrected chi connectivity index (χ3v) is 5.89. The van der Waals surface area contributed by atoms with Gasteiger partial charge in [-0.2, -0.15) is 0 Å². The lowest BCUT2D eigenvalue weighted by Crippen LogP contribution is -2.47.